The van der Waals surface area contributed by atoms with Crippen LogP contribution in [0.5, 0.6) is 11.5 Å². The minimum absolute atomic E-state index is 0.0155. The lowest BCUT2D eigenvalue weighted by molar-refractivity contribution is 0.0781. The Morgan fingerprint density at radius 1 is 1.25 bits per heavy atom. The number of hydrogen-bond acceptors (Lipinski definition) is 3. The van der Waals surface area contributed by atoms with Crippen LogP contribution < -0.4 is 9.47 Å². The van der Waals surface area contributed by atoms with Crippen molar-refractivity contribution in [3.63, 3.8) is 0 Å². The van der Waals surface area contributed by atoms with Crippen LogP contribution in [0.1, 0.15) is 28.9 Å². The third-order valence-electron chi connectivity index (χ3n) is 3.14. The largest absolute Gasteiger partial charge is 0.493 e. The van der Waals surface area contributed by atoms with Gasteiger partial charge in [-0.2, -0.15) is 0 Å². The van der Waals surface area contributed by atoms with Crippen LogP contribution in [-0.2, 0) is 0 Å². The van der Waals surface area contributed by atoms with Crippen molar-refractivity contribution in [2.45, 2.75) is 13.0 Å². The molecule has 1 aromatic rings. The molecular weight excluding hydrogens is 206 g/mol. The van der Waals surface area contributed by atoms with E-state index in [9.17, 15) is 4.79 Å². The molecule has 1 aliphatic rings. The Balaban J connectivity index is 2.66. The minimum Gasteiger partial charge on any atom is -0.493 e. The van der Waals surface area contributed by atoms with Crippen LogP contribution in [0, 0.1) is 0 Å². The van der Waals surface area contributed by atoms with Crippen LogP contribution in [0.4, 0.5) is 0 Å². The van der Waals surface area contributed by atoms with E-state index in [0.717, 1.165) is 5.56 Å². The van der Waals surface area contributed by atoms with Crippen molar-refractivity contribution >= 4 is 5.91 Å². The summed E-state index contributed by atoms with van der Waals surface area (Å²) in [7, 11) is 4.91. The zero-order chi connectivity index (χ0) is 11.9. The molecular formula is C12H15NO3. The number of fused-ring (bicyclic) bond motifs is 1. The maximum atomic E-state index is 12.0. The van der Waals surface area contributed by atoms with Crippen LogP contribution in [-0.4, -0.2) is 32.1 Å². The third-order valence-corrected chi connectivity index (χ3v) is 3.14. The molecule has 2 rings (SSSR count). The van der Waals surface area contributed by atoms with Crippen molar-refractivity contribution in [3.8, 4) is 11.5 Å². The molecule has 0 fully saturated rings. The Morgan fingerprint density at radius 3 is 2.50 bits per heavy atom. The molecule has 1 atom stereocenters. The SMILES string of the molecule is COc1ccc2c(c1OC)C(=O)N(C)[C@H]2C. The van der Waals surface area contributed by atoms with Crippen LogP contribution in [0.2, 0.25) is 0 Å². The van der Waals surface area contributed by atoms with E-state index in [2.05, 4.69) is 0 Å². The van der Waals surface area contributed by atoms with E-state index in [1.54, 1.807) is 26.2 Å². The number of rotatable bonds is 2. The van der Waals surface area contributed by atoms with E-state index in [4.69, 9.17) is 9.47 Å². The minimum atomic E-state index is -0.0155. The Kier molecular flexibility index (Phi) is 2.50. The Labute approximate surface area is 94.8 Å². The summed E-state index contributed by atoms with van der Waals surface area (Å²) in [6.07, 6.45) is 0. The Bertz CT molecular complexity index is 442. The molecule has 1 heterocycles. The van der Waals surface area contributed by atoms with Gasteiger partial charge in [-0.25, -0.2) is 0 Å². The molecule has 0 saturated heterocycles. The number of carbonyl (C=O) groups is 1. The summed E-state index contributed by atoms with van der Waals surface area (Å²) in [5.74, 6) is 1.11. The number of nitrogens with zero attached hydrogens (tertiary/aromatic N) is 1. The van der Waals surface area contributed by atoms with Gasteiger partial charge in [0.1, 0.15) is 0 Å². The van der Waals surface area contributed by atoms with Gasteiger partial charge in [0, 0.05) is 7.05 Å². The summed E-state index contributed by atoms with van der Waals surface area (Å²) in [6, 6.07) is 3.84. The molecule has 0 aromatic heterocycles. The van der Waals surface area contributed by atoms with Gasteiger partial charge in [0.2, 0.25) is 0 Å². The summed E-state index contributed by atoms with van der Waals surface area (Å²) >= 11 is 0. The van der Waals surface area contributed by atoms with Gasteiger partial charge in [-0.3, -0.25) is 4.79 Å². The molecule has 0 aliphatic carbocycles. The van der Waals surface area contributed by atoms with Crippen LogP contribution in [0.15, 0.2) is 12.1 Å². The molecule has 0 radical (unpaired) electrons. The highest BCUT2D eigenvalue weighted by atomic mass is 16.5. The summed E-state index contributed by atoms with van der Waals surface area (Å²) in [4.78, 5) is 13.7. The monoisotopic (exact) mass is 221 g/mol. The van der Waals surface area contributed by atoms with Gasteiger partial charge in [-0.1, -0.05) is 6.07 Å². The predicted octanol–water partition coefficient (Wildman–Crippen LogP) is 1.85. The lowest BCUT2D eigenvalue weighted by atomic mass is 10.0. The molecule has 1 amide bonds. The molecule has 0 N–H and O–H groups in total. The highest BCUT2D eigenvalue weighted by molar-refractivity contribution is 6.02. The fraction of sp³-hybridized carbons (Fsp3) is 0.417. The van der Waals surface area contributed by atoms with Crippen molar-refractivity contribution in [3.05, 3.63) is 23.3 Å². The number of hydrogen-bond donors (Lipinski definition) is 0. The molecule has 4 heteroatoms. The van der Waals surface area contributed by atoms with Gasteiger partial charge in [0.25, 0.3) is 5.91 Å². The van der Waals surface area contributed by atoms with Crippen molar-refractivity contribution in [1.82, 2.24) is 4.90 Å². The maximum absolute atomic E-state index is 12.0. The second-order valence-corrected chi connectivity index (χ2v) is 3.86. The van der Waals surface area contributed by atoms with Gasteiger partial charge in [0.05, 0.1) is 25.8 Å². The van der Waals surface area contributed by atoms with Gasteiger partial charge < -0.3 is 14.4 Å². The van der Waals surface area contributed by atoms with Crippen LogP contribution >= 0.6 is 0 Å². The first-order valence-electron chi connectivity index (χ1n) is 5.13. The van der Waals surface area contributed by atoms with E-state index in [1.165, 1.54) is 0 Å². The number of amides is 1. The first-order chi connectivity index (χ1) is 7.61. The van der Waals surface area contributed by atoms with Crippen molar-refractivity contribution in [1.29, 1.82) is 0 Å². The molecule has 16 heavy (non-hydrogen) atoms. The van der Waals surface area contributed by atoms with E-state index in [1.807, 2.05) is 19.1 Å². The number of ether oxygens (including phenoxy) is 2. The number of methoxy groups -OCH3 is 2. The van der Waals surface area contributed by atoms with Crippen LogP contribution in [0.3, 0.4) is 0 Å². The predicted molar refractivity (Wildman–Crippen MR) is 60.1 cm³/mol. The smallest absolute Gasteiger partial charge is 0.258 e. The van der Waals surface area contributed by atoms with Gasteiger partial charge in [-0.05, 0) is 18.6 Å². The van der Waals surface area contributed by atoms with E-state index in [0.29, 0.717) is 17.1 Å². The highest BCUT2D eigenvalue weighted by Crippen LogP contribution is 2.42. The standard InChI is InChI=1S/C12H15NO3/c1-7-8-5-6-9(15-3)11(16-4)10(8)12(14)13(7)2/h5-7H,1-4H3/t7-/m0/s1. The maximum Gasteiger partial charge on any atom is 0.258 e. The molecule has 0 saturated carbocycles. The zero-order valence-corrected chi connectivity index (χ0v) is 9.90. The zero-order valence-electron chi connectivity index (χ0n) is 9.90. The molecule has 1 aliphatic heterocycles. The number of carbonyl (C=O) groups excluding carboxylic acids is 1. The lowest BCUT2D eigenvalue weighted by Crippen LogP contribution is -2.21. The molecule has 86 valence electrons. The summed E-state index contributed by atoms with van der Waals surface area (Å²) in [6.45, 7) is 2.00. The molecule has 4 nitrogen and oxygen atoms in total. The fourth-order valence-corrected chi connectivity index (χ4v) is 2.07. The van der Waals surface area contributed by atoms with E-state index >= 15 is 0 Å². The van der Waals surface area contributed by atoms with Crippen molar-refractivity contribution in [2.24, 2.45) is 0 Å². The third kappa shape index (κ3) is 1.26. The topological polar surface area (TPSA) is 38.8 Å². The quantitative estimate of drug-likeness (QED) is 0.765. The summed E-state index contributed by atoms with van der Waals surface area (Å²) in [5.41, 5.74) is 1.61. The Hall–Kier alpha value is -1.71. The molecule has 0 unspecified atom stereocenters. The van der Waals surface area contributed by atoms with Gasteiger partial charge in [0.15, 0.2) is 11.5 Å². The van der Waals surface area contributed by atoms with Crippen molar-refractivity contribution in [2.75, 3.05) is 21.3 Å². The number of benzene rings is 1. The molecule has 0 spiro atoms. The Morgan fingerprint density at radius 2 is 1.94 bits per heavy atom. The average molecular weight is 221 g/mol. The average Bonchev–Trinajstić information content (AvgIpc) is 2.53. The van der Waals surface area contributed by atoms with Crippen molar-refractivity contribution < 1.29 is 14.3 Å². The second-order valence-electron chi connectivity index (χ2n) is 3.86. The van der Waals surface area contributed by atoms with E-state index < -0.39 is 0 Å². The first kappa shape index (κ1) is 10.8. The van der Waals surface area contributed by atoms with Crippen LogP contribution in [0.25, 0.3) is 0 Å². The van der Waals surface area contributed by atoms with Gasteiger partial charge in [-0.15, -0.1) is 0 Å². The highest BCUT2D eigenvalue weighted by Gasteiger charge is 2.35. The normalized spacial score (nSPS) is 18.6. The molecule has 0 bridgehead atoms. The van der Waals surface area contributed by atoms with E-state index in [-0.39, 0.29) is 11.9 Å². The molecule has 1 aromatic carbocycles. The summed E-state index contributed by atoms with van der Waals surface area (Å²) in [5, 5.41) is 0. The fourth-order valence-electron chi connectivity index (χ4n) is 2.07. The summed E-state index contributed by atoms with van der Waals surface area (Å²) < 4.78 is 10.5. The van der Waals surface area contributed by atoms with Gasteiger partial charge >= 0.3 is 0 Å². The first-order valence-corrected chi connectivity index (χ1v) is 5.13. The lowest BCUT2D eigenvalue weighted by Gasteiger charge is -2.14. The second kappa shape index (κ2) is 3.70.